The SMILES string of the molecule is Cc1c(OC2CCC(CCCCN3CCN(Cc4nc5cc(C6CCC(=O)NC6=O)ccc5[nH]4)CC3)CC2)cccc1-c1ccc(N2CCc3cccc(C(=O)Nc4nc5ccccc5s4)c3C2)nc1C(=O)OC(C)(C)C. The summed E-state index contributed by atoms with van der Waals surface area (Å²) in [7, 11) is 0. The van der Waals surface area contributed by atoms with Gasteiger partial charge in [0.05, 0.1) is 39.8 Å². The number of unbranched alkanes of at least 4 members (excludes halogenated alkanes) is 1. The number of fused-ring (bicyclic) bond motifs is 3. The van der Waals surface area contributed by atoms with Crippen LogP contribution in [0.5, 0.6) is 5.75 Å². The minimum absolute atomic E-state index is 0.132. The minimum atomic E-state index is -0.728. The standard InChI is InChI=1S/C61H69N9O6S/c1-38-43(45-23-26-54(65-56(45)59(74)76-61(2,3)4)70-30-28-40-12-9-14-46(47(40)36-70)58(73)67-60-64-49-15-5-6-17-52(49)77-60)13-10-16-51(38)75-42-21-18-39(19-22-42)11-7-8-29-68-31-33-69(34-32-68)37-53-62-48-25-20-41(35-50(48)63-53)44-24-27-55(71)66-57(44)72/h5-6,9-10,12-17,20,23,25-26,35,39,42,44H,7-8,11,18-19,21-22,24,27-34,36-37H2,1-4H3,(H,62,63)(H,64,67,73)(H,66,71,72). The van der Waals surface area contributed by atoms with E-state index in [-0.39, 0.29) is 35.4 Å². The maximum atomic E-state index is 14.1. The molecule has 6 heterocycles. The Morgan fingerprint density at radius 3 is 2.40 bits per heavy atom. The largest absolute Gasteiger partial charge is 0.490 e. The third-order valence-corrected chi connectivity index (χ3v) is 16.8. The van der Waals surface area contributed by atoms with E-state index in [0.717, 1.165) is 132 Å². The number of nitrogens with one attached hydrogen (secondary N) is 3. The van der Waals surface area contributed by atoms with E-state index in [1.165, 1.54) is 30.6 Å². The quantitative estimate of drug-likeness (QED) is 0.0504. The number of aromatic amines is 1. The Bertz CT molecular complexity index is 3300. The number of piperazine rings is 1. The molecule has 1 unspecified atom stereocenters. The zero-order valence-electron chi connectivity index (χ0n) is 44.7. The van der Waals surface area contributed by atoms with Crippen LogP contribution in [0.2, 0.25) is 0 Å². The molecule has 400 valence electrons. The molecule has 7 aromatic rings. The van der Waals surface area contributed by atoms with Crippen molar-refractivity contribution in [3.63, 3.8) is 0 Å². The predicted molar refractivity (Wildman–Crippen MR) is 302 cm³/mol. The fourth-order valence-corrected chi connectivity index (χ4v) is 12.5. The van der Waals surface area contributed by atoms with Crippen LogP contribution in [0.1, 0.15) is 133 Å². The average molecular weight is 1060 g/mol. The number of hydrogen-bond donors (Lipinski definition) is 3. The number of thiazole rings is 1. The molecule has 3 fully saturated rings. The summed E-state index contributed by atoms with van der Waals surface area (Å²) in [6.45, 7) is 14.8. The third kappa shape index (κ3) is 12.1. The van der Waals surface area contributed by atoms with Crippen molar-refractivity contribution >= 4 is 67.2 Å². The molecule has 4 aliphatic rings. The van der Waals surface area contributed by atoms with Crippen molar-refractivity contribution in [3.8, 4) is 16.9 Å². The number of imidazole rings is 1. The van der Waals surface area contributed by atoms with Crippen molar-refractivity contribution in [2.75, 3.05) is 49.5 Å². The smallest absolute Gasteiger partial charge is 0.358 e. The number of carbonyl (C=O) groups excluding carboxylic acids is 4. The van der Waals surface area contributed by atoms with Gasteiger partial charge in [0.2, 0.25) is 11.8 Å². The summed E-state index contributed by atoms with van der Waals surface area (Å²) in [4.78, 5) is 77.3. The normalized spacial score (nSPS) is 19.5. The van der Waals surface area contributed by atoms with Gasteiger partial charge in [-0.3, -0.25) is 29.9 Å². The Morgan fingerprint density at radius 2 is 1.60 bits per heavy atom. The van der Waals surface area contributed by atoms with Gasteiger partial charge in [-0.05, 0) is 161 Å². The average Bonchev–Trinajstić information content (AvgIpc) is 4.06. The number of amides is 3. The zero-order chi connectivity index (χ0) is 53.2. The molecule has 77 heavy (non-hydrogen) atoms. The highest BCUT2D eigenvalue weighted by Gasteiger charge is 2.31. The van der Waals surface area contributed by atoms with Gasteiger partial charge in [0, 0.05) is 56.8 Å². The number of esters is 1. The van der Waals surface area contributed by atoms with Gasteiger partial charge in [0.25, 0.3) is 5.91 Å². The number of H-pyrrole nitrogens is 1. The molecule has 11 rings (SSSR count). The molecule has 1 atom stereocenters. The van der Waals surface area contributed by atoms with E-state index in [1.54, 1.807) is 0 Å². The molecular weight excluding hydrogens is 987 g/mol. The maximum absolute atomic E-state index is 14.1. The van der Waals surface area contributed by atoms with Crippen LogP contribution in [0, 0.1) is 12.8 Å². The topological polar surface area (TPSA) is 175 Å². The van der Waals surface area contributed by atoms with Gasteiger partial charge in [-0.1, -0.05) is 66.6 Å². The van der Waals surface area contributed by atoms with Crippen LogP contribution in [0.15, 0.2) is 91.0 Å². The molecule has 3 N–H and O–H groups in total. The summed E-state index contributed by atoms with van der Waals surface area (Å²) in [6, 6.07) is 29.7. The van der Waals surface area contributed by atoms with Crippen molar-refractivity contribution in [1.29, 1.82) is 0 Å². The van der Waals surface area contributed by atoms with Gasteiger partial charge in [-0.15, -0.1) is 0 Å². The number of pyridine rings is 1. The first-order valence-corrected chi connectivity index (χ1v) is 28.4. The monoisotopic (exact) mass is 1060 g/mol. The van der Waals surface area contributed by atoms with Crippen LogP contribution in [0.3, 0.4) is 0 Å². The number of nitrogens with zero attached hydrogens (tertiary/aromatic N) is 6. The lowest BCUT2D eigenvalue weighted by molar-refractivity contribution is -0.134. The number of imide groups is 1. The number of para-hydroxylation sites is 1. The van der Waals surface area contributed by atoms with E-state index in [2.05, 4.69) is 48.3 Å². The number of rotatable bonds is 15. The first-order valence-electron chi connectivity index (χ1n) is 27.6. The Morgan fingerprint density at radius 1 is 0.792 bits per heavy atom. The van der Waals surface area contributed by atoms with Gasteiger partial charge >= 0.3 is 5.97 Å². The molecule has 1 aliphatic carbocycles. The highest BCUT2D eigenvalue weighted by atomic mass is 32.1. The fraction of sp³-hybridized carbons (Fsp3) is 0.426. The first kappa shape index (κ1) is 52.1. The number of aromatic nitrogens is 4. The summed E-state index contributed by atoms with van der Waals surface area (Å²) < 4.78 is 13.8. The van der Waals surface area contributed by atoms with Crippen LogP contribution < -0.4 is 20.3 Å². The van der Waals surface area contributed by atoms with Crippen molar-refractivity contribution in [3.05, 3.63) is 130 Å². The van der Waals surface area contributed by atoms with Crippen molar-refractivity contribution in [2.45, 2.75) is 123 Å². The molecule has 2 saturated heterocycles. The highest BCUT2D eigenvalue weighted by molar-refractivity contribution is 7.22. The molecule has 0 bridgehead atoms. The molecular formula is C61H69N9O6S. The second kappa shape index (κ2) is 22.5. The van der Waals surface area contributed by atoms with E-state index in [9.17, 15) is 19.2 Å². The van der Waals surface area contributed by atoms with Crippen LogP contribution in [-0.2, 0) is 33.8 Å². The number of carbonyl (C=O) groups is 4. The summed E-state index contributed by atoms with van der Waals surface area (Å²) in [5.74, 6) is 1.69. The van der Waals surface area contributed by atoms with E-state index in [1.807, 2.05) is 106 Å². The maximum Gasteiger partial charge on any atom is 0.358 e. The number of piperidine rings is 1. The van der Waals surface area contributed by atoms with Crippen LogP contribution in [-0.4, -0.2) is 104 Å². The molecule has 0 spiro atoms. The lowest BCUT2D eigenvalue weighted by Gasteiger charge is -2.34. The van der Waals surface area contributed by atoms with Crippen molar-refractivity contribution < 1.29 is 28.7 Å². The highest BCUT2D eigenvalue weighted by Crippen LogP contribution is 2.38. The Kier molecular flexibility index (Phi) is 15.2. The second-order valence-electron chi connectivity index (χ2n) is 22.4. The molecule has 15 nitrogen and oxygen atoms in total. The van der Waals surface area contributed by atoms with Crippen LogP contribution in [0.4, 0.5) is 10.9 Å². The molecule has 1 saturated carbocycles. The second-order valence-corrected chi connectivity index (χ2v) is 23.4. The lowest BCUT2D eigenvalue weighted by atomic mass is 9.84. The first-order chi connectivity index (χ1) is 37.3. The van der Waals surface area contributed by atoms with Crippen molar-refractivity contribution in [2.24, 2.45) is 5.92 Å². The molecule has 4 aromatic carbocycles. The molecule has 3 amide bonds. The van der Waals surface area contributed by atoms with Gasteiger partial charge in [-0.25, -0.2) is 19.7 Å². The Hall–Kier alpha value is -7.01. The van der Waals surface area contributed by atoms with E-state index in [0.29, 0.717) is 53.9 Å². The predicted octanol–water partition coefficient (Wildman–Crippen LogP) is 10.8. The number of hydrogen-bond acceptors (Lipinski definition) is 13. The van der Waals surface area contributed by atoms with Crippen LogP contribution >= 0.6 is 11.3 Å². The van der Waals surface area contributed by atoms with Gasteiger partial charge in [0.15, 0.2) is 10.8 Å². The van der Waals surface area contributed by atoms with Crippen LogP contribution in [0.25, 0.3) is 32.4 Å². The van der Waals surface area contributed by atoms with Gasteiger partial charge < -0.3 is 24.3 Å². The van der Waals surface area contributed by atoms with E-state index in [4.69, 9.17) is 19.4 Å². The summed E-state index contributed by atoms with van der Waals surface area (Å²) in [5, 5.41) is 6.07. The van der Waals surface area contributed by atoms with E-state index < -0.39 is 11.6 Å². The van der Waals surface area contributed by atoms with Gasteiger partial charge in [0.1, 0.15) is 23.0 Å². The third-order valence-electron chi connectivity index (χ3n) is 15.9. The fourth-order valence-electron chi connectivity index (χ4n) is 11.7. The minimum Gasteiger partial charge on any atom is -0.490 e. The molecule has 0 radical (unpaired) electrons. The summed E-state index contributed by atoms with van der Waals surface area (Å²) in [6.07, 6.45) is 9.80. The van der Waals surface area contributed by atoms with Crippen molar-refractivity contribution in [1.82, 2.24) is 35.1 Å². The Labute approximate surface area is 454 Å². The van der Waals surface area contributed by atoms with E-state index >= 15 is 0 Å². The lowest BCUT2D eigenvalue weighted by Crippen LogP contribution is -2.46. The Balaban J connectivity index is 0.663. The number of benzene rings is 4. The number of ether oxygens (including phenoxy) is 2. The summed E-state index contributed by atoms with van der Waals surface area (Å²) >= 11 is 1.45. The number of anilines is 2. The van der Waals surface area contributed by atoms with Gasteiger partial charge in [-0.2, -0.15) is 0 Å². The molecule has 3 aliphatic heterocycles. The zero-order valence-corrected chi connectivity index (χ0v) is 45.5. The molecule has 3 aromatic heterocycles. The summed E-state index contributed by atoms with van der Waals surface area (Å²) in [5.41, 5.74) is 8.28. The molecule has 16 heteroatoms.